The average molecular weight is 319 g/mol. The molecule has 0 aliphatic rings. The molecule has 0 spiro atoms. The molecule has 2 unspecified atom stereocenters. The van der Waals surface area contributed by atoms with Gasteiger partial charge in [0.1, 0.15) is 0 Å². The highest BCUT2D eigenvalue weighted by molar-refractivity contribution is 5.45. The number of aromatic nitrogens is 2. The molecule has 23 heavy (non-hydrogen) atoms. The molecule has 0 radical (unpaired) electrons. The van der Waals surface area contributed by atoms with Crippen molar-refractivity contribution in [1.29, 1.82) is 0 Å². The molecule has 2 rings (SSSR count). The summed E-state index contributed by atoms with van der Waals surface area (Å²) in [5.74, 6) is 1.00. The van der Waals surface area contributed by atoms with Crippen molar-refractivity contribution < 1.29 is 14.6 Å². The Hall–Kier alpha value is -2.05. The van der Waals surface area contributed by atoms with Crippen molar-refractivity contribution in [2.45, 2.75) is 38.8 Å². The molecular formula is C17H25N3O3. The van der Waals surface area contributed by atoms with E-state index in [4.69, 9.17) is 15.2 Å². The predicted molar refractivity (Wildman–Crippen MR) is 89.1 cm³/mol. The van der Waals surface area contributed by atoms with Crippen molar-refractivity contribution in [2.75, 3.05) is 19.1 Å². The van der Waals surface area contributed by atoms with Crippen LogP contribution in [-0.4, -0.2) is 28.3 Å². The van der Waals surface area contributed by atoms with Gasteiger partial charge in [0.25, 0.3) is 0 Å². The van der Waals surface area contributed by atoms with E-state index in [1.54, 1.807) is 10.9 Å². The lowest BCUT2D eigenvalue weighted by molar-refractivity contribution is 0.0228. The zero-order valence-electron chi connectivity index (χ0n) is 13.7. The van der Waals surface area contributed by atoms with Crippen LogP contribution in [0.15, 0.2) is 36.5 Å². The highest BCUT2D eigenvalue weighted by Crippen LogP contribution is 2.28. The number of aliphatic hydroxyl groups is 1. The topological polar surface area (TPSA) is 82.5 Å². The highest BCUT2D eigenvalue weighted by atomic mass is 16.7. The number of hydrogen-bond acceptors (Lipinski definition) is 5. The van der Waals surface area contributed by atoms with Crippen LogP contribution in [0.25, 0.3) is 0 Å². The van der Waals surface area contributed by atoms with Crippen LogP contribution in [0, 0.1) is 0 Å². The molecule has 0 saturated heterocycles. The van der Waals surface area contributed by atoms with Gasteiger partial charge in [0.15, 0.2) is 18.4 Å². The lowest BCUT2D eigenvalue weighted by Crippen LogP contribution is -2.12. The van der Waals surface area contributed by atoms with E-state index >= 15 is 0 Å². The zero-order valence-corrected chi connectivity index (χ0v) is 13.7. The first-order chi connectivity index (χ1) is 11.1. The smallest absolute Gasteiger partial charge is 0.189 e. The minimum Gasteiger partial charge on any atom is -0.462 e. The highest BCUT2D eigenvalue weighted by Gasteiger charge is 2.16. The van der Waals surface area contributed by atoms with E-state index in [2.05, 4.69) is 5.10 Å². The third-order valence-corrected chi connectivity index (χ3v) is 3.76. The monoisotopic (exact) mass is 319 g/mol. The molecule has 0 fully saturated rings. The van der Waals surface area contributed by atoms with Crippen LogP contribution >= 0.6 is 0 Å². The Balaban J connectivity index is 1.89. The van der Waals surface area contributed by atoms with Gasteiger partial charge >= 0.3 is 0 Å². The zero-order chi connectivity index (χ0) is 16.7. The summed E-state index contributed by atoms with van der Waals surface area (Å²) in [5, 5.41) is 14.5. The van der Waals surface area contributed by atoms with Gasteiger partial charge in [-0.05, 0) is 32.3 Å². The van der Waals surface area contributed by atoms with Crippen LogP contribution in [0.2, 0.25) is 0 Å². The summed E-state index contributed by atoms with van der Waals surface area (Å²) in [5.41, 5.74) is 6.99. The fourth-order valence-electron chi connectivity index (χ4n) is 2.37. The number of nitrogen functional groups attached to an aromatic ring is 1. The summed E-state index contributed by atoms with van der Waals surface area (Å²) in [6.45, 7) is 4.67. The number of nitrogens with two attached hydrogens (primary N) is 1. The Morgan fingerprint density at radius 2 is 2.00 bits per heavy atom. The standard InChI is InChI=1S/C17H25N3O3/c1-3-22-12-23-16-11-19-20(17(16)18)13(2)9-10-15(21)14-7-5-4-6-8-14/h4-8,11,13,15,21H,3,9-10,12,18H2,1-2H3. The fourth-order valence-corrected chi connectivity index (χ4v) is 2.37. The van der Waals surface area contributed by atoms with Crippen LogP contribution in [0.4, 0.5) is 5.82 Å². The molecule has 0 aliphatic carbocycles. The van der Waals surface area contributed by atoms with Gasteiger partial charge in [0.05, 0.1) is 18.3 Å². The lowest BCUT2D eigenvalue weighted by Gasteiger charge is -2.17. The quantitative estimate of drug-likeness (QED) is 0.548. The number of anilines is 1. The second-order valence-electron chi connectivity index (χ2n) is 5.45. The van der Waals surface area contributed by atoms with Gasteiger partial charge in [-0.3, -0.25) is 0 Å². The van der Waals surface area contributed by atoms with Gasteiger partial charge in [-0.2, -0.15) is 5.10 Å². The van der Waals surface area contributed by atoms with Gasteiger partial charge in [-0.25, -0.2) is 4.68 Å². The summed E-state index contributed by atoms with van der Waals surface area (Å²) in [4.78, 5) is 0. The Morgan fingerprint density at radius 1 is 1.26 bits per heavy atom. The van der Waals surface area contributed by atoms with Crippen molar-refractivity contribution in [3.05, 3.63) is 42.1 Å². The predicted octanol–water partition coefficient (Wildman–Crippen LogP) is 2.91. The van der Waals surface area contributed by atoms with E-state index in [0.29, 0.717) is 24.6 Å². The number of ether oxygens (including phenoxy) is 2. The van der Waals surface area contributed by atoms with Gasteiger partial charge < -0.3 is 20.3 Å². The molecule has 1 aromatic carbocycles. The first-order valence-corrected chi connectivity index (χ1v) is 7.90. The first-order valence-electron chi connectivity index (χ1n) is 7.90. The molecule has 126 valence electrons. The second-order valence-corrected chi connectivity index (χ2v) is 5.45. The molecule has 0 aliphatic heterocycles. The molecule has 0 amide bonds. The molecule has 0 saturated carbocycles. The van der Waals surface area contributed by atoms with E-state index in [1.165, 1.54) is 0 Å². The third kappa shape index (κ3) is 4.71. The minimum absolute atomic E-state index is 0.0674. The fraction of sp³-hybridized carbons (Fsp3) is 0.471. The minimum atomic E-state index is -0.482. The first kappa shape index (κ1) is 17.3. The largest absolute Gasteiger partial charge is 0.462 e. The van der Waals surface area contributed by atoms with Crippen LogP contribution in [0.5, 0.6) is 5.75 Å². The molecule has 2 aromatic rings. The van der Waals surface area contributed by atoms with Crippen LogP contribution in [-0.2, 0) is 4.74 Å². The van der Waals surface area contributed by atoms with E-state index in [0.717, 1.165) is 12.0 Å². The Bertz CT molecular complexity index is 586. The van der Waals surface area contributed by atoms with Crippen LogP contribution in [0.1, 0.15) is 44.4 Å². The van der Waals surface area contributed by atoms with Gasteiger partial charge in [0.2, 0.25) is 0 Å². The molecule has 1 heterocycles. The normalized spacial score (nSPS) is 13.7. The van der Waals surface area contributed by atoms with E-state index < -0.39 is 6.10 Å². The van der Waals surface area contributed by atoms with Crippen molar-refractivity contribution >= 4 is 5.82 Å². The maximum Gasteiger partial charge on any atom is 0.189 e. The number of aliphatic hydroxyl groups excluding tert-OH is 1. The summed E-state index contributed by atoms with van der Waals surface area (Å²) in [6.07, 6.45) is 2.51. The van der Waals surface area contributed by atoms with Crippen molar-refractivity contribution in [3.8, 4) is 5.75 Å². The molecule has 6 heteroatoms. The van der Waals surface area contributed by atoms with Crippen molar-refractivity contribution in [2.24, 2.45) is 0 Å². The number of nitrogens with zero attached hydrogens (tertiary/aromatic N) is 2. The third-order valence-electron chi connectivity index (χ3n) is 3.76. The summed E-state index contributed by atoms with van der Waals surface area (Å²) < 4.78 is 12.3. The van der Waals surface area contributed by atoms with Gasteiger partial charge in [-0.1, -0.05) is 30.3 Å². The SMILES string of the molecule is CCOCOc1cnn(C(C)CCC(O)c2ccccc2)c1N. The average Bonchev–Trinajstić information content (AvgIpc) is 2.94. The maximum absolute atomic E-state index is 10.2. The van der Waals surface area contributed by atoms with Gasteiger partial charge in [-0.15, -0.1) is 0 Å². The summed E-state index contributed by atoms with van der Waals surface area (Å²) in [6, 6.07) is 9.71. The van der Waals surface area contributed by atoms with Crippen molar-refractivity contribution in [1.82, 2.24) is 9.78 Å². The van der Waals surface area contributed by atoms with E-state index in [-0.39, 0.29) is 12.8 Å². The Kier molecular flexibility index (Phi) is 6.43. The van der Waals surface area contributed by atoms with E-state index in [1.807, 2.05) is 44.2 Å². The maximum atomic E-state index is 10.2. The second kappa shape index (κ2) is 8.55. The summed E-state index contributed by atoms with van der Waals surface area (Å²) in [7, 11) is 0. The van der Waals surface area contributed by atoms with Crippen LogP contribution < -0.4 is 10.5 Å². The number of rotatable bonds is 9. The molecule has 1 aromatic heterocycles. The molecule has 3 N–H and O–H groups in total. The number of hydrogen-bond donors (Lipinski definition) is 2. The molecule has 0 bridgehead atoms. The van der Waals surface area contributed by atoms with Crippen molar-refractivity contribution in [3.63, 3.8) is 0 Å². The van der Waals surface area contributed by atoms with Crippen LogP contribution in [0.3, 0.4) is 0 Å². The summed E-state index contributed by atoms with van der Waals surface area (Å²) >= 11 is 0. The van der Waals surface area contributed by atoms with Gasteiger partial charge in [0, 0.05) is 6.61 Å². The number of benzene rings is 1. The lowest BCUT2D eigenvalue weighted by atomic mass is 10.0. The molecule has 2 atom stereocenters. The van der Waals surface area contributed by atoms with E-state index in [9.17, 15) is 5.11 Å². The molecular weight excluding hydrogens is 294 g/mol. The molecule has 6 nitrogen and oxygen atoms in total. The Labute approximate surface area is 136 Å². The Morgan fingerprint density at radius 3 is 2.70 bits per heavy atom.